The summed E-state index contributed by atoms with van der Waals surface area (Å²) >= 11 is 1.02. The molecule has 9 nitrogen and oxygen atoms in total. The molecule has 0 atom stereocenters. The maximum atomic E-state index is 12.8. The van der Waals surface area contributed by atoms with Crippen molar-refractivity contribution < 1.29 is 22.8 Å². The summed E-state index contributed by atoms with van der Waals surface area (Å²) in [5.74, 6) is -2.21. The molecule has 0 saturated carbocycles. The van der Waals surface area contributed by atoms with Crippen LogP contribution in [0.4, 0.5) is 24.5 Å². The Labute approximate surface area is 221 Å². The van der Waals surface area contributed by atoms with Gasteiger partial charge in [0.2, 0.25) is 5.91 Å². The number of hydrogen-bond donors (Lipinski definition) is 3. The summed E-state index contributed by atoms with van der Waals surface area (Å²) in [6.45, 7) is 4.50. The summed E-state index contributed by atoms with van der Waals surface area (Å²) in [5, 5.41) is 17.8. The molecule has 3 N–H and O–H groups in total. The molecule has 1 saturated heterocycles. The largest absolute Gasteiger partial charge is 0.391 e. The highest BCUT2D eigenvalue weighted by atomic mass is 32.1. The van der Waals surface area contributed by atoms with Gasteiger partial charge in [0.05, 0.1) is 12.5 Å². The highest BCUT2D eigenvalue weighted by molar-refractivity contribution is 7.07. The second kappa shape index (κ2) is 12.7. The number of nitriles is 1. The van der Waals surface area contributed by atoms with E-state index >= 15 is 0 Å². The molecule has 2 amide bonds. The highest BCUT2D eigenvalue weighted by Crippen LogP contribution is 2.34. The fraction of sp³-hybridized carbons (Fsp3) is 0.440. The van der Waals surface area contributed by atoms with E-state index in [9.17, 15) is 32.8 Å². The summed E-state index contributed by atoms with van der Waals surface area (Å²) in [6, 6.07) is 8.63. The minimum absolute atomic E-state index is 0.00771. The lowest BCUT2D eigenvalue weighted by Crippen LogP contribution is -2.42. The first kappa shape index (κ1) is 28.9. The molecule has 1 aliphatic rings. The van der Waals surface area contributed by atoms with Crippen LogP contribution in [0.1, 0.15) is 26.7 Å². The lowest BCUT2D eigenvalue weighted by Gasteiger charge is -2.32. The van der Waals surface area contributed by atoms with Crippen molar-refractivity contribution in [3.8, 4) is 6.07 Å². The first-order chi connectivity index (χ1) is 18.1. The third-order valence-corrected chi connectivity index (χ3v) is 7.18. The maximum absolute atomic E-state index is 12.8. The number of benzene rings is 1. The van der Waals surface area contributed by atoms with Gasteiger partial charge in [-0.2, -0.15) is 18.4 Å². The van der Waals surface area contributed by atoms with E-state index in [2.05, 4.69) is 16.0 Å². The second-order valence-electron chi connectivity index (χ2n) is 8.68. The molecule has 3 rings (SSSR count). The number of nitrogens with one attached hydrogen (secondary N) is 3. The highest BCUT2D eigenvalue weighted by Gasteiger charge is 2.41. The van der Waals surface area contributed by atoms with Crippen molar-refractivity contribution in [1.82, 2.24) is 14.8 Å². The Morgan fingerprint density at radius 1 is 1.21 bits per heavy atom. The number of carbonyl (C=O) groups is 2. The number of likely N-dealkylation sites (tertiary alicyclic amines) is 1. The van der Waals surface area contributed by atoms with Gasteiger partial charge in [0.25, 0.3) is 11.5 Å². The number of piperidine rings is 1. The smallest absolute Gasteiger partial charge is 0.360 e. The lowest BCUT2D eigenvalue weighted by atomic mass is 9.96. The van der Waals surface area contributed by atoms with Gasteiger partial charge < -0.3 is 16.0 Å². The molecule has 38 heavy (non-hydrogen) atoms. The molecule has 13 heteroatoms. The SMILES string of the molecule is CCNC(=O)C(C#N)=c1sc(=CNc2cccc(NC(=O)CN3CCC(C(F)(F)F)CC3)c2)c(=O)n1CC. The zero-order valence-electron chi connectivity index (χ0n) is 21.0. The average molecular weight is 551 g/mol. The lowest BCUT2D eigenvalue weighted by molar-refractivity contribution is -0.184. The first-order valence-electron chi connectivity index (χ1n) is 12.1. The van der Waals surface area contributed by atoms with E-state index in [4.69, 9.17) is 0 Å². The van der Waals surface area contributed by atoms with Crippen LogP contribution in [0.25, 0.3) is 11.8 Å². The maximum Gasteiger partial charge on any atom is 0.391 e. The number of amides is 2. The van der Waals surface area contributed by atoms with Crippen molar-refractivity contribution in [2.45, 2.75) is 39.4 Å². The normalized spacial score (nSPS) is 16.1. The third kappa shape index (κ3) is 7.23. The molecule has 0 unspecified atom stereocenters. The summed E-state index contributed by atoms with van der Waals surface area (Å²) < 4.78 is 40.5. The number of thiazole rings is 1. The van der Waals surface area contributed by atoms with E-state index in [1.54, 1.807) is 43.0 Å². The Balaban J connectivity index is 1.71. The monoisotopic (exact) mass is 550 g/mol. The molecular weight excluding hydrogens is 521 g/mol. The molecule has 1 aromatic carbocycles. The number of carbonyl (C=O) groups excluding carboxylic acids is 2. The van der Waals surface area contributed by atoms with Crippen LogP contribution >= 0.6 is 11.3 Å². The predicted octanol–water partition coefficient (Wildman–Crippen LogP) is 1.80. The Bertz CT molecular complexity index is 1380. The Kier molecular flexibility index (Phi) is 9.71. The minimum Gasteiger partial charge on any atom is -0.360 e. The summed E-state index contributed by atoms with van der Waals surface area (Å²) in [7, 11) is 0. The van der Waals surface area contributed by atoms with Crippen LogP contribution in [-0.4, -0.2) is 53.6 Å². The molecule has 0 radical (unpaired) electrons. The molecule has 0 aliphatic carbocycles. The Morgan fingerprint density at radius 2 is 1.89 bits per heavy atom. The van der Waals surface area contributed by atoms with Crippen LogP contribution in [0.5, 0.6) is 0 Å². The average Bonchev–Trinajstić information content (AvgIpc) is 3.18. The van der Waals surface area contributed by atoms with Crippen molar-refractivity contribution in [3.05, 3.63) is 43.8 Å². The molecule has 204 valence electrons. The van der Waals surface area contributed by atoms with Crippen LogP contribution in [0, 0.1) is 17.2 Å². The number of halogens is 3. The van der Waals surface area contributed by atoms with Crippen LogP contribution in [-0.2, 0) is 16.1 Å². The quantitative estimate of drug-likeness (QED) is 0.461. The van der Waals surface area contributed by atoms with Gasteiger partial charge in [-0.1, -0.05) is 6.07 Å². The first-order valence-corrected chi connectivity index (χ1v) is 13.0. The predicted molar refractivity (Wildman–Crippen MR) is 140 cm³/mol. The second-order valence-corrected chi connectivity index (χ2v) is 9.71. The standard InChI is InChI=1S/C25H29F3N6O3S/c1-3-30-22(36)19(13-29)24-34(4-2)23(37)20(38-24)14-31-17-6-5-7-18(12-17)32-21(35)15-33-10-8-16(9-11-33)25(26,27)28/h5-7,12,14,16,31H,3-4,8-11,15H2,1-2H3,(H,30,36)(H,32,35). The number of hydrogen-bond acceptors (Lipinski definition) is 7. The summed E-state index contributed by atoms with van der Waals surface area (Å²) in [5.41, 5.74) is 0.561. The summed E-state index contributed by atoms with van der Waals surface area (Å²) in [6.07, 6.45) is -2.77. The van der Waals surface area contributed by atoms with Crippen LogP contribution < -0.4 is 30.7 Å². The van der Waals surface area contributed by atoms with Gasteiger partial charge in [0.1, 0.15) is 15.3 Å². The molecule has 2 heterocycles. The zero-order chi connectivity index (χ0) is 27.9. The summed E-state index contributed by atoms with van der Waals surface area (Å²) in [4.78, 5) is 39.3. The van der Waals surface area contributed by atoms with Gasteiger partial charge in [-0.3, -0.25) is 23.9 Å². The van der Waals surface area contributed by atoms with Gasteiger partial charge in [0, 0.05) is 30.7 Å². The number of alkyl halides is 3. The van der Waals surface area contributed by atoms with Gasteiger partial charge in [-0.25, -0.2) is 0 Å². The topological polar surface area (TPSA) is 119 Å². The Hall–Kier alpha value is -3.63. The van der Waals surface area contributed by atoms with Gasteiger partial charge >= 0.3 is 6.18 Å². The van der Waals surface area contributed by atoms with Crippen molar-refractivity contribution in [2.75, 3.05) is 36.8 Å². The molecule has 0 spiro atoms. The van der Waals surface area contributed by atoms with E-state index in [1.807, 2.05) is 6.07 Å². The number of aromatic nitrogens is 1. The van der Waals surface area contributed by atoms with Gasteiger partial charge in [0.15, 0.2) is 5.57 Å². The van der Waals surface area contributed by atoms with E-state index < -0.39 is 18.0 Å². The van der Waals surface area contributed by atoms with Crippen molar-refractivity contribution in [2.24, 2.45) is 5.92 Å². The molecule has 1 fully saturated rings. The number of nitrogens with zero attached hydrogens (tertiary/aromatic N) is 3. The fourth-order valence-corrected chi connectivity index (χ4v) is 5.18. The number of rotatable bonds is 8. The van der Waals surface area contributed by atoms with Gasteiger partial charge in [-0.05, 0) is 58.0 Å². The van der Waals surface area contributed by atoms with Crippen molar-refractivity contribution >= 4 is 46.3 Å². The van der Waals surface area contributed by atoms with E-state index in [-0.39, 0.29) is 65.3 Å². The van der Waals surface area contributed by atoms with E-state index in [0.717, 1.165) is 11.3 Å². The van der Waals surface area contributed by atoms with Crippen molar-refractivity contribution in [3.63, 3.8) is 0 Å². The molecule has 1 aromatic heterocycles. The third-order valence-electron chi connectivity index (χ3n) is 6.05. The van der Waals surface area contributed by atoms with Gasteiger partial charge in [-0.15, -0.1) is 11.3 Å². The van der Waals surface area contributed by atoms with E-state index in [0.29, 0.717) is 17.9 Å². The van der Waals surface area contributed by atoms with Crippen molar-refractivity contribution in [1.29, 1.82) is 5.26 Å². The molecule has 1 aliphatic heterocycles. The van der Waals surface area contributed by atoms with Crippen LogP contribution in [0.15, 0.2) is 29.1 Å². The minimum atomic E-state index is -4.20. The van der Waals surface area contributed by atoms with E-state index in [1.165, 1.54) is 10.8 Å². The van der Waals surface area contributed by atoms with Crippen LogP contribution in [0.3, 0.4) is 0 Å². The number of anilines is 2. The molecule has 0 bridgehead atoms. The molecule has 2 aromatic rings. The fourth-order valence-electron chi connectivity index (χ4n) is 4.09. The molecular formula is C25H29F3N6O3S. The Morgan fingerprint density at radius 3 is 2.50 bits per heavy atom. The van der Waals surface area contributed by atoms with Crippen LogP contribution in [0.2, 0.25) is 0 Å². The zero-order valence-corrected chi connectivity index (χ0v) is 21.8.